The van der Waals surface area contributed by atoms with Gasteiger partial charge in [0.1, 0.15) is 0 Å². The lowest BCUT2D eigenvalue weighted by atomic mass is 10.2. The van der Waals surface area contributed by atoms with Gasteiger partial charge in [0.05, 0.1) is 12.6 Å². The van der Waals surface area contributed by atoms with Crippen LogP contribution in [0, 0.1) is 0 Å². The number of amides is 4. The molecule has 7 nitrogen and oxygen atoms in total. The lowest BCUT2D eigenvalue weighted by Crippen LogP contribution is -2.49. The smallest absolute Gasteiger partial charge is 0.324 e. The van der Waals surface area contributed by atoms with Gasteiger partial charge in [-0.1, -0.05) is 0 Å². The maximum Gasteiger partial charge on any atom is 0.324 e. The van der Waals surface area contributed by atoms with E-state index in [0.717, 1.165) is 0 Å². The number of rotatable bonds is 5. The minimum absolute atomic E-state index is 0.0660. The first-order valence-electron chi connectivity index (χ1n) is 6.41. The molecule has 0 aromatic heterocycles. The van der Waals surface area contributed by atoms with Gasteiger partial charge >= 0.3 is 6.03 Å². The number of hydrogen-bond acceptors (Lipinski definition) is 4. The van der Waals surface area contributed by atoms with Crippen molar-refractivity contribution in [1.29, 1.82) is 0 Å². The van der Waals surface area contributed by atoms with Crippen molar-refractivity contribution < 1.29 is 14.4 Å². The Labute approximate surface area is 113 Å². The molecule has 0 unspecified atom stereocenters. The molecule has 0 radical (unpaired) electrons. The van der Waals surface area contributed by atoms with E-state index in [1.165, 1.54) is 4.90 Å². The van der Waals surface area contributed by atoms with Crippen molar-refractivity contribution in [1.82, 2.24) is 20.4 Å². The number of carbonyl (C=O) groups is 3. The van der Waals surface area contributed by atoms with E-state index in [9.17, 15) is 14.4 Å². The standard InChI is InChI=1S/C12H22N4O3/c1-8(2)14-10(17)7-15(4)9(3)11(18)16-6-5-13-12(16)19/h8-9H,5-7H2,1-4H3,(H,13,19)(H,14,17)/t9-/m0/s1. The Morgan fingerprint density at radius 3 is 2.53 bits per heavy atom. The molecule has 1 heterocycles. The molecule has 2 N–H and O–H groups in total. The van der Waals surface area contributed by atoms with Crippen LogP contribution in [0.2, 0.25) is 0 Å². The Hall–Kier alpha value is -1.63. The fourth-order valence-corrected chi connectivity index (χ4v) is 1.83. The van der Waals surface area contributed by atoms with E-state index in [2.05, 4.69) is 10.6 Å². The van der Waals surface area contributed by atoms with Gasteiger partial charge in [-0.05, 0) is 27.8 Å². The minimum Gasteiger partial charge on any atom is -0.353 e. The highest BCUT2D eigenvalue weighted by atomic mass is 16.2. The van der Waals surface area contributed by atoms with Crippen molar-refractivity contribution in [3.05, 3.63) is 0 Å². The Morgan fingerprint density at radius 2 is 2.05 bits per heavy atom. The number of imide groups is 1. The first-order valence-corrected chi connectivity index (χ1v) is 6.41. The molecule has 1 aliphatic rings. The molecule has 0 aliphatic carbocycles. The Morgan fingerprint density at radius 1 is 1.42 bits per heavy atom. The van der Waals surface area contributed by atoms with Crippen LogP contribution in [0.25, 0.3) is 0 Å². The average Bonchev–Trinajstić information content (AvgIpc) is 2.72. The Bertz CT molecular complexity index is 370. The average molecular weight is 270 g/mol. The number of carbonyl (C=O) groups excluding carboxylic acids is 3. The molecular weight excluding hydrogens is 248 g/mol. The van der Waals surface area contributed by atoms with Crippen LogP contribution in [-0.2, 0) is 9.59 Å². The van der Waals surface area contributed by atoms with E-state index in [0.29, 0.717) is 13.1 Å². The summed E-state index contributed by atoms with van der Waals surface area (Å²) in [5.74, 6) is -0.419. The molecule has 0 saturated carbocycles. The number of nitrogens with one attached hydrogen (secondary N) is 2. The highest BCUT2D eigenvalue weighted by molar-refractivity contribution is 5.98. The number of likely N-dealkylation sites (N-methyl/N-ethyl adjacent to an activating group) is 1. The van der Waals surface area contributed by atoms with Crippen LogP contribution in [0.15, 0.2) is 0 Å². The molecule has 1 fully saturated rings. The van der Waals surface area contributed by atoms with Crippen molar-refractivity contribution in [3.63, 3.8) is 0 Å². The minimum atomic E-state index is -0.512. The summed E-state index contributed by atoms with van der Waals surface area (Å²) in [4.78, 5) is 37.9. The third-order valence-electron chi connectivity index (χ3n) is 2.98. The van der Waals surface area contributed by atoms with Crippen molar-refractivity contribution in [2.45, 2.75) is 32.9 Å². The quantitative estimate of drug-likeness (QED) is 0.698. The van der Waals surface area contributed by atoms with Gasteiger partial charge in [0, 0.05) is 19.1 Å². The monoisotopic (exact) mass is 270 g/mol. The maximum absolute atomic E-state index is 12.1. The summed E-state index contributed by atoms with van der Waals surface area (Å²) < 4.78 is 0. The second-order valence-corrected chi connectivity index (χ2v) is 5.04. The van der Waals surface area contributed by atoms with Crippen LogP contribution in [0.5, 0.6) is 0 Å². The second kappa shape index (κ2) is 6.51. The van der Waals surface area contributed by atoms with E-state index < -0.39 is 6.04 Å². The molecule has 1 saturated heterocycles. The van der Waals surface area contributed by atoms with Crippen molar-refractivity contribution in [2.75, 3.05) is 26.7 Å². The lowest BCUT2D eigenvalue weighted by molar-refractivity contribution is -0.133. The first kappa shape index (κ1) is 15.4. The summed E-state index contributed by atoms with van der Waals surface area (Å²) in [5.41, 5.74) is 0. The Balaban J connectivity index is 2.51. The molecule has 7 heteroatoms. The largest absolute Gasteiger partial charge is 0.353 e. The molecule has 1 aliphatic heterocycles. The highest BCUT2D eigenvalue weighted by Crippen LogP contribution is 2.05. The number of hydrogen-bond donors (Lipinski definition) is 2. The highest BCUT2D eigenvalue weighted by Gasteiger charge is 2.31. The summed E-state index contributed by atoms with van der Waals surface area (Å²) in [5, 5.41) is 5.34. The molecular formula is C12H22N4O3. The molecule has 0 aromatic rings. The van der Waals surface area contributed by atoms with Gasteiger partial charge in [-0.2, -0.15) is 0 Å². The van der Waals surface area contributed by atoms with E-state index in [1.807, 2.05) is 13.8 Å². The van der Waals surface area contributed by atoms with E-state index >= 15 is 0 Å². The van der Waals surface area contributed by atoms with Gasteiger partial charge in [0.15, 0.2) is 0 Å². The van der Waals surface area contributed by atoms with Crippen molar-refractivity contribution in [2.24, 2.45) is 0 Å². The van der Waals surface area contributed by atoms with Crippen molar-refractivity contribution in [3.8, 4) is 0 Å². The topological polar surface area (TPSA) is 81.8 Å². The zero-order valence-electron chi connectivity index (χ0n) is 11.9. The molecule has 1 atom stereocenters. The van der Waals surface area contributed by atoms with Crippen LogP contribution in [-0.4, -0.2) is 66.4 Å². The second-order valence-electron chi connectivity index (χ2n) is 5.04. The van der Waals surface area contributed by atoms with E-state index in [-0.39, 0.29) is 30.4 Å². The summed E-state index contributed by atoms with van der Waals surface area (Å²) in [6.07, 6.45) is 0. The predicted octanol–water partition coefficient (Wildman–Crippen LogP) is -0.617. The van der Waals surface area contributed by atoms with E-state index in [4.69, 9.17) is 0 Å². The normalized spacial score (nSPS) is 16.7. The molecule has 4 amide bonds. The Kier molecular flexibility index (Phi) is 5.29. The van der Waals surface area contributed by atoms with Crippen LogP contribution in [0.4, 0.5) is 4.79 Å². The summed E-state index contributed by atoms with van der Waals surface area (Å²) >= 11 is 0. The molecule has 0 bridgehead atoms. The van der Waals surface area contributed by atoms with Crippen LogP contribution in [0.3, 0.4) is 0 Å². The van der Waals surface area contributed by atoms with Crippen LogP contribution < -0.4 is 10.6 Å². The molecule has 108 valence electrons. The fraction of sp³-hybridized carbons (Fsp3) is 0.750. The van der Waals surface area contributed by atoms with Gasteiger partial charge in [-0.15, -0.1) is 0 Å². The van der Waals surface area contributed by atoms with Gasteiger partial charge < -0.3 is 10.6 Å². The van der Waals surface area contributed by atoms with Gasteiger partial charge in [0.25, 0.3) is 0 Å². The zero-order valence-corrected chi connectivity index (χ0v) is 11.9. The van der Waals surface area contributed by atoms with Gasteiger partial charge in [0.2, 0.25) is 11.8 Å². The molecule has 0 spiro atoms. The van der Waals surface area contributed by atoms with E-state index in [1.54, 1.807) is 18.9 Å². The van der Waals surface area contributed by atoms with Crippen molar-refractivity contribution >= 4 is 17.8 Å². The molecule has 0 aromatic carbocycles. The first-order chi connectivity index (χ1) is 8.82. The zero-order chi connectivity index (χ0) is 14.6. The van der Waals surface area contributed by atoms with Gasteiger partial charge in [-0.3, -0.25) is 19.4 Å². The van der Waals surface area contributed by atoms with Gasteiger partial charge in [-0.25, -0.2) is 4.79 Å². The van der Waals surface area contributed by atoms with Crippen LogP contribution in [0.1, 0.15) is 20.8 Å². The summed E-state index contributed by atoms with van der Waals surface area (Å²) in [6.45, 7) is 6.43. The third kappa shape index (κ3) is 4.20. The predicted molar refractivity (Wildman–Crippen MR) is 70.5 cm³/mol. The lowest BCUT2D eigenvalue weighted by Gasteiger charge is -2.26. The van der Waals surface area contributed by atoms with Crippen LogP contribution >= 0.6 is 0 Å². The fourth-order valence-electron chi connectivity index (χ4n) is 1.83. The number of nitrogens with zero attached hydrogens (tertiary/aromatic N) is 2. The maximum atomic E-state index is 12.1. The summed E-state index contributed by atoms with van der Waals surface area (Å²) in [6, 6.07) is -0.810. The SMILES string of the molecule is CC(C)NC(=O)CN(C)[C@@H](C)C(=O)N1CCNC1=O. The third-order valence-corrected chi connectivity index (χ3v) is 2.98. The molecule has 1 rings (SSSR count). The summed E-state index contributed by atoms with van der Waals surface area (Å²) in [7, 11) is 1.69. The number of urea groups is 1. The molecule has 19 heavy (non-hydrogen) atoms.